The second-order valence-electron chi connectivity index (χ2n) is 6.99. The highest BCUT2D eigenvalue weighted by Gasteiger charge is 2.28. The van der Waals surface area contributed by atoms with Gasteiger partial charge in [-0.1, -0.05) is 0 Å². The topological polar surface area (TPSA) is 85.4 Å². The lowest BCUT2D eigenvalue weighted by Gasteiger charge is -2.22. The van der Waals surface area contributed by atoms with Crippen LogP contribution in [-0.2, 0) is 11.3 Å². The van der Waals surface area contributed by atoms with Crippen molar-refractivity contribution in [1.29, 1.82) is 0 Å². The van der Waals surface area contributed by atoms with Crippen molar-refractivity contribution < 1.29 is 31.8 Å². The number of hydrogen-bond donors (Lipinski definition) is 1. The molecule has 2 heterocycles. The Bertz CT molecular complexity index is 1070. The monoisotopic (exact) mass is 457 g/mol. The van der Waals surface area contributed by atoms with Crippen molar-refractivity contribution in [3.8, 4) is 0 Å². The van der Waals surface area contributed by atoms with Crippen LogP contribution < -0.4 is 0 Å². The molecule has 0 saturated carbocycles. The molecular weight excluding hydrogens is 437 g/mol. The van der Waals surface area contributed by atoms with E-state index in [1.54, 1.807) is 6.92 Å². The Morgan fingerprint density at radius 3 is 2.56 bits per heavy atom. The largest absolute Gasteiger partial charge is 0.367 e. The van der Waals surface area contributed by atoms with Crippen molar-refractivity contribution in [3.05, 3.63) is 53.6 Å². The van der Waals surface area contributed by atoms with Crippen LogP contribution in [0.15, 0.2) is 35.6 Å². The number of nitrogens with zero attached hydrogens (tertiary/aromatic N) is 5. The average molecular weight is 457 g/mol. The Labute approximate surface area is 179 Å². The van der Waals surface area contributed by atoms with Gasteiger partial charge in [-0.15, -0.1) is 0 Å². The van der Waals surface area contributed by atoms with Crippen LogP contribution in [0.25, 0.3) is 11.0 Å². The number of ether oxygens (including phenoxy) is 1. The molecule has 1 aromatic carbocycles. The van der Waals surface area contributed by atoms with E-state index in [-0.39, 0.29) is 22.6 Å². The molecule has 172 valence electrons. The molecule has 2 aromatic heterocycles. The summed E-state index contributed by atoms with van der Waals surface area (Å²) in [6.07, 6.45) is -1.78. The van der Waals surface area contributed by atoms with Crippen LogP contribution in [-0.4, -0.2) is 50.0 Å². The van der Waals surface area contributed by atoms with Crippen molar-refractivity contribution in [1.82, 2.24) is 19.5 Å². The van der Waals surface area contributed by atoms with E-state index in [2.05, 4.69) is 24.7 Å². The standard InChI is InChI=1S/C20H20F5N5O2/c1-10-6-27-15(8-26-10)19(31)28-7-13(11(2)32-20(24)25)18-29-14-5-12(21)3-4-16(14)30(18)9-17(22)23/h3-8,11,13,17,19-20,31H,9H2,1-2H3/t11-,13?,19?/m1/s1. The van der Waals surface area contributed by atoms with E-state index < -0.39 is 43.6 Å². The zero-order valence-electron chi connectivity index (χ0n) is 17.0. The Morgan fingerprint density at radius 1 is 1.19 bits per heavy atom. The summed E-state index contributed by atoms with van der Waals surface area (Å²) in [5.74, 6) is -1.91. The first kappa shape index (κ1) is 23.7. The van der Waals surface area contributed by atoms with Crippen LogP contribution in [0.5, 0.6) is 0 Å². The minimum atomic E-state index is -3.15. The molecule has 0 aliphatic heterocycles. The van der Waals surface area contributed by atoms with E-state index in [4.69, 9.17) is 0 Å². The average Bonchev–Trinajstić information content (AvgIpc) is 3.04. The van der Waals surface area contributed by atoms with Crippen LogP contribution in [0.2, 0.25) is 0 Å². The maximum absolute atomic E-state index is 13.6. The molecule has 1 N–H and O–H groups in total. The molecule has 32 heavy (non-hydrogen) atoms. The molecule has 7 nitrogen and oxygen atoms in total. The summed E-state index contributed by atoms with van der Waals surface area (Å²) in [5, 5.41) is 10.3. The van der Waals surface area contributed by atoms with E-state index in [9.17, 15) is 27.1 Å². The lowest BCUT2D eigenvalue weighted by molar-refractivity contribution is -0.159. The molecule has 0 aliphatic rings. The molecule has 2 unspecified atom stereocenters. The Hall–Kier alpha value is -2.99. The number of fused-ring (bicyclic) bond motifs is 1. The molecule has 0 radical (unpaired) electrons. The maximum atomic E-state index is 13.6. The van der Waals surface area contributed by atoms with Gasteiger partial charge in [0.05, 0.1) is 41.5 Å². The minimum Gasteiger partial charge on any atom is -0.367 e. The second-order valence-corrected chi connectivity index (χ2v) is 6.99. The fourth-order valence-electron chi connectivity index (χ4n) is 3.14. The number of alkyl halides is 4. The molecule has 0 bridgehead atoms. The lowest BCUT2D eigenvalue weighted by Crippen LogP contribution is -2.26. The van der Waals surface area contributed by atoms with Gasteiger partial charge in [-0.2, -0.15) is 8.78 Å². The van der Waals surface area contributed by atoms with Gasteiger partial charge < -0.3 is 14.4 Å². The van der Waals surface area contributed by atoms with Gasteiger partial charge >= 0.3 is 6.61 Å². The zero-order chi connectivity index (χ0) is 23.4. The first-order valence-electron chi connectivity index (χ1n) is 9.53. The number of aliphatic hydroxyl groups excluding tert-OH is 1. The number of hydrogen-bond acceptors (Lipinski definition) is 6. The van der Waals surface area contributed by atoms with E-state index in [1.807, 2.05) is 0 Å². The van der Waals surface area contributed by atoms with Gasteiger partial charge in [0, 0.05) is 18.5 Å². The van der Waals surface area contributed by atoms with E-state index >= 15 is 0 Å². The molecule has 3 atom stereocenters. The SMILES string of the molecule is Cc1cnc(C(O)N=CC(c2nc3cc(F)ccc3n2CC(F)F)[C@@H](C)OC(F)F)cn1. The van der Waals surface area contributed by atoms with Crippen molar-refractivity contribution in [2.75, 3.05) is 0 Å². The number of halogens is 5. The van der Waals surface area contributed by atoms with Crippen molar-refractivity contribution in [2.24, 2.45) is 4.99 Å². The molecule has 0 amide bonds. The van der Waals surface area contributed by atoms with Crippen LogP contribution >= 0.6 is 0 Å². The highest BCUT2D eigenvalue weighted by Crippen LogP contribution is 2.28. The summed E-state index contributed by atoms with van der Waals surface area (Å²) >= 11 is 0. The number of aryl methyl sites for hydroxylation is 1. The normalized spacial score (nSPS) is 15.2. The first-order chi connectivity index (χ1) is 15.2. The molecule has 0 aliphatic carbocycles. The molecule has 0 fully saturated rings. The number of imidazole rings is 1. The molecule has 3 aromatic rings. The summed E-state index contributed by atoms with van der Waals surface area (Å²) in [5.41, 5.74) is 0.952. The molecular formula is C20H20F5N5O2. The third-order valence-electron chi connectivity index (χ3n) is 4.64. The highest BCUT2D eigenvalue weighted by atomic mass is 19.3. The van der Waals surface area contributed by atoms with Gasteiger partial charge in [-0.05, 0) is 26.0 Å². The van der Waals surface area contributed by atoms with Crippen molar-refractivity contribution >= 4 is 17.2 Å². The number of rotatable bonds is 9. The predicted molar refractivity (Wildman–Crippen MR) is 105 cm³/mol. The van der Waals surface area contributed by atoms with E-state index in [0.29, 0.717) is 5.69 Å². The van der Waals surface area contributed by atoms with Crippen LogP contribution in [0.1, 0.15) is 36.3 Å². The Balaban J connectivity index is 2.05. The summed E-state index contributed by atoms with van der Waals surface area (Å²) in [6, 6.07) is 3.40. The Morgan fingerprint density at radius 2 is 1.94 bits per heavy atom. The first-order valence-corrected chi connectivity index (χ1v) is 9.53. The minimum absolute atomic E-state index is 0.0632. The van der Waals surface area contributed by atoms with Crippen molar-refractivity contribution in [2.45, 2.75) is 51.7 Å². The second kappa shape index (κ2) is 10.1. The summed E-state index contributed by atoms with van der Waals surface area (Å²) in [7, 11) is 0. The summed E-state index contributed by atoms with van der Waals surface area (Å²) < 4.78 is 71.6. The van der Waals surface area contributed by atoms with Gasteiger partial charge in [0.1, 0.15) is 17.3 Å². The fraction of sp³-hybridized carbons (Fsp3) is 0.400. The molecule has 12 heteroatoms. The predicted octanol–water partition coefficient (Wildman–Crippen LogP) is 4.01. The van der Waals surface area contributed by atoms with Gasteiger partial charge in [0.25, 0.3) is 6.43 Å². The van der Waals surface area contributed by atoms with Crippen LogP contribution in [0, 0.1) is 12.7 Å². The quantitative estimate of drug-likeness (QED) is 0.388. The maximum Gasteiger partial charge on any atom is 0.345 e. The molecule has 3 rings (SSSR count). The number of benzene rings is 1. The van der Waals surface area contributed by atoms with Gasteiger partial charge in [-0.25, -0.2) is 18.2 Å². The van der Waals surface area contributed by atoms with Gasteiger partial charge in [0.2, 0.25) is 0 Å². The molecule has 0 spiro atoms. The number of aliphatic imine (C=N–C) groups is 1. The van der Waals surface area contributed by atoms with Crippen LogP contribution in [0.3, 0.4) is 0 Å². The number of aromatic nitrogens is 4. The Kier molecular flexibility index (Phi) is 7.46. The smallest absolute Gasteiger partial charge is 0.345 e. The number of aliphatic hydroxyl groups is 1. The highest BCUT2D eigenvalue weighted by molar-refractivity contribution is 5.78. The van der Waals surface area contributed by atoms with E-state index in [1.165, 1.54) is 25.4 Å². The fourth-order valence-corrected chi connectivity index (χ4v) is 3.14. The van der Waals surface area contributed by atoms with Crippen LogP contribution in [0.4, 0.5) is 22.0 Å². The van der Waals surface area contributed by atoms with Gasteiger partial charge in [0.15, 0.2) is 6.23 Å². The third-order valence-corrected chi connectivity index (χ3v) is 4.64. The third kappa shape index (κ3) is 5.62. The van der Waals surface area contributed by atoms with Gasteiger partial charge in [-0.3, -0.25) is 15.0 Å². The lowest BCUT2D eigenvalue weighted by atomic mass is 10.0. The summed E-state index contributed by atoms with van der Waals surface area (Å²) in [6.45, 7) is -0.982. The molecule has 0 saturated heterocycles. The van der Waals surface area contributed by atoms with Crippen molar-refractivity contribution in [3.63, 3.8) is 0 Å². The van der Waals surface area contributed by atoms with E-state index in [0.717, 1.165) is 22.9 Å². The summed E-state index contributed by atoms with van der Waals surface area (Å²) in [4.78, 5) is 16.1. The zero-order valence-corrected chi connectivity index (χ0v) is 17.0.